The monoisotopic (exact) mass is 394 g/mol. The number of rotatable bonds is 5. The van der Waals surface area contributed by atoms with Gasteiger partial charge in [0.15, 0.2) is 0 Å². The number of methoxy groups -OCH3 is 1. The van der Waals surface area contributed by atoms with Crippen LogP contribution in [-0.4, -0.2) is 55.6 Å². The van der Waals surface area contributed by atoms with Gasteiger partial charge in [-0.1, -0.05) is 6.07 Å². The van der Waals surface area contributed by atoms with Crippen molar-refractivity contribution in [2.24, 2.45) is 0 Å². The molecule has 150 valence electrons. The van der Waals surface area contributed by atoms with E-state index in [1.807, 2.05) is 9.80 Å². The quantitative estimate of drug-likeness (QED) is 0.845. The third-order valence-corrected chi connectivity index (χ3v) is 4.49. The molecule has 0 spiro atoms. The van der Waals surface area contributed by atoms with Gasteiger partial charge < -0.3 is 15.0 Å². The number of piperazine rings is 1. The molecule has 9 heteroatoms. The van der Waals surface area contributed by atoms with Crippen LogP contribution in [0.25, 0.3) is 0 Å². The maximum Gasteiger partial charge on any atom is 0.417 e. The lowest BCUT2D eigenvalue weighted by Crippen LogP contribution is -2.48. The van der Waals surface area contributed by atoms with E-state index in [4.69, 9.17) is 4.74 Å². The maximum absolute atomic E-state index is 12.6. The summed E-state index contributed by atoms with van der Waals surface area (Å²) in [5.41, 5.74) is -0.0963. The third-order valence-electron chi connectivity index (χ3n) is 4.49. The van der Waals surface area contributed by atoms with E-state index in [1.165, 1.54) is 6.07 Å². The van der Waals surface area contributed by atoms with Gasteiger partial charge in [-0.05, 0) is 24.3 Å². The zero-order valence-electron chi connectivity index (χ0n) is 15.4. The van der Waals surface area contributed by atoms with Gasteiger partial charge in [0.25, 0.3) is 0 Å². The number of pyridine rings is 1. The number of carbonyl (C=O) groups excluding carboxylic acids is 1. The molecule has 0 saturated carbocycles. The van der Waals surface area contributed by atoms with Gasteiger partial charge in [0.05, 0.1) is 19.2 Å². The molecule has 1 aromatic carbocycles. The van der Waals surface area contributed by atoms with Crippen molar-refractivity contribution in [3.63, 3.8) is 0 Å². The van der Waals surface area contributed by atoms with Gasteiger partial charge in [-0.15, -0.1) is 0 Å². The predicted octanol–water partition coefficient (Wildman–Crippen LogP) is 2.87. The van der Waals surface area contributed by atoms with Gasteiger partial charge in [0.1, 0.15) is 11.6 Å². The molecule has 0 atom stereocenters. The molecule has 1 fully saturated rings. The van der Waals surface area contributed by atoms with Gasteiger partial charge in [-0.25, -0.2) is 4.98 Å². The Morgan fingerprint density at radius 1 is 1.18 bits per heavy atom. The largest absolute Gasteiger partial charge is 0.497 e. The molecule has 0 radical (unpaired) electrons. The zero-order valence-corrected chi connectivity index (χ0v) is 15.4. The topological polar surface area (TPSA) is 57.7 Å². The highest BCUT2D eigenvalue weighted by Crippen LogP contribution is 2.29. The van der Waals surface area contributed by atoms with E-state index in [1.54, 1.807) is 31.4 Å². The summed E-state index contributed by atoms with van der Waals surface area (Å²) >= 11 is 0. The summed E-state index contributed by atoms with van der Waals surface area (Å²) in [5, 5.41) is 2.83. The second-order valence-corrected chi connectivity index (χ2v) is 6.45. The fraction of sp³-hybridized carbons (Fsp3) is 0.368. The second kappa shape index (κ2) is 8.47. The van der Waals surface area contributed by atoms with E-state index in [2.05, 4.69) is 10.3 Å². The van der Waals surface area contributed by atoms with Crippen molar-refractivity contribution in [3.8, 4) is 5.75 Å². The summed E-state index contributed by atoms with van der Waals surface area (Å²) in [6.45, 7) is 2.66. The Morgan fingerprint density at radius 2 is 1.93 bits per heavy atom. The van der Waals surface area contributed by atoms with Crippen molar-refractivity contribution in [2.45, 2.75) is 6.18 Å². The van der Waals surface area contributed by atoms with Crippen LogP contribution in [0, 0.1) is 0 Å². The molecule has 1 N–H and O–H groups in total. The molecule has 0 unspecified atom stereocenters. The summed E-state index contributed by atoms with van der Waals surface area (Å²) in [6, 6.07) is 9.54. The van der Waals surface area contributed by atoms with Crippen LogP contribution in [0.3, 0.4) is 0 Å². The average molecular weight is 394 g/mol. The number of alkyl halides is 3. The van der Waals surface area contributed by atoms with Gasteiger partial charge in [-0.2, -0.15) is 13.2 Å². The van der Waals surface area contributed by atoms with Crippen LogP contribution in [0.2, 0.25) is 0 Å². The molecule has 0 bridgehead atoms. The molecule has 1 amide bonds. The van der Waals surface area contributed by atoms with Crippen molar-refractivity contribution in [1.82, 2.24) is 9.88 Å². The van der Waals surface area contributed by atoms with E-state index in [0.29, 0.717) is 43.4 Å². The number of anilines is 2. The van der Waals surface area contributed by atoms with Crippen LogP contribution in [0.15, 0.2) is 42.6 Å². The van der Waals surface area contributed by atoms with Crippen molar-refractivity contribution in [1.29, 1.82) is 0 Å². The first-order valence-electron chi connectivity index (χ1n) is 8.79. The first kappa shape index (κ1) is 19.9. The molecule has 2 heterocycles. The molecule has 1 saturated heterocycles. The summed E-state index contributed by atoms with van der Waals surface area (Å²) in [6.07, 6.45) is -3.54. The van der Waals surface area contributed by atoms with Crippen LogP contribution in [0.5, 0.6) is 5.75 Å². The number of benzene rings is 1. The number of amides is 1. The van der Waals surface area contributed by atoms with E-state index in [9.17, 15) is 18.0 Å². The molecular formula is C19H21F3N4O2. The lowest BCUT2D eigenvalue weighted by molar-refractivity contribution is -0.137. The van der Waals surface area contributed by atoms with Crippen molar-refractivity contribution < 1.29 is 22.7 Å². The smallest absolute Gasteiger partial charge is 0.417 e. The minimum absolute atomic E-state index is 0.130. The summed E-state index contributed by atoms with van der Waals surface area (Å²) in [7, 11) is 1.56. The predicted molar refractivity (Wildman–Crippen MR) is 99.5 cm³/mol. The highest BCUT2D eigenvalue weighted by molar-refractivity contribution is 5.92. The Balaban J connectivity index is 1.49. The van der Waals surface area contributed by atoms with Crippen LogP contribution in [0.4, 0.5) is 24.7 Å². The number of hydrogen-bond donors (Lipinski definition) is 1. The Hall–Kier alpha value is -2.81. The Morgan fingerprint density at radius 3 is 2.54 bits per heavy atom. The molecule has 3 rings (SSSR count). The van der Waals surface area contributed by atoms with Crippen molar-refractivity contribution in [3.05, 3.63) is 48.2 Å². The third kappa shape index (κ3) is 5.13. The van der Waals surface area contributed by atoms with E-state index in [0.717, 1.165) is 12.3 Å². The highest BCUT2D eigenvalue weighted by atomic mass is 19.4. The Bertz CT molecular complexity index is 804. The Labute approximate surface area is 160 Å². The number of aromatic nitrogens is 1. The minimum Gasteiger partial charge on any atom is -0.497 e. The molecule has 1 aromatic heterocycles. The van der Waals surface area contributed by atoms with Crippen LogP contribution in [-0.2, 0) is 11.0 Å². The van der Waals surface area contributed by atoms with Gasteiger partial charge in [0.2, 0.25) is 5.91 Å². The zero-order chi connectivity index (χ0) is 20.1. The fourth-order valence-corrected chi connectivity index (χ4v) is 2.98. The lowest BCUT2D eigenvalue weighted by Gasteiger charge is -2.35. The SMILES string of the molecule is COc1cccc(NC(=O)CN2CCN(c3ccc(C(F)(F)F)cn3)CC2)c1. The highest BCUT2D eigenvalue weighted by Gasteiger charge is 2.31. The number of halogens is 3. The molecule has 2 aromatic rings. The van der Waals surface area contributed by atoms with Crippen LogP contribution < -0.4 is 15.0 Å². The standard InChI is InChI=1S/C19H21F3N4O2/c1-28-16-4-2-3-15(11-16)24-18(27)13-25-7-9-26(10-8-25)17-6-5-14(12-23-17)19(20,21)22/h2-6,11-12H,7-10,13H2,1H3,(H,24,27). The average Bonchev–Trinajstić information content (AvgIpc) is 2.68. The first-order valence-corrected chi connectivity index (χ1v) is 8.79. The summed E-state index contributed by atoms with van der Waals surface area (Å²) in [5.74, 6) is 1.04. The molecule has 1 aliphatic rings. The Kier molecular flexibility index (Phi) is 6.03. The van der Waals surface area contributed by atoms with Crippen LogP contribution >= 0.6 is 0 Å². The molecule has 1 aliphatic heterocycles. The van der Waals surface area contributed by atoms with Crippen molar-refractivity contribution >= 4 is 17.4 Å². The van der Waals surface area contributed by atoms with Crippen LogP contribution in [0.1, 0.15) is 5.56 Å². The van der Waals surface area contributed by atoms with Gasteiger partial charge in [0, 0.05) is 44.1 Å². The number of nitrogens with one attached hydrogen (secondary N) is 1. The lowest BCUT2D eigenvalue weighted by atomic mass is 10.2. The number of hydrogen-bond acceptors (Lipinski definition) is 5. The van der Waals surface area contributed by atoms with E-state index >= 15 is 0 Å². The minimum atomic E-state index is -4.39. The first-order chi connectivity index (χ1) is 13.3. The maximum atomic E-state index is 12.6. The molecule has 0 aliphatic carbocycles. The molecule has 6 nitrogen and oxygen atoms in total. The van der Waals surface area contributed by atoms with Gasteiger partial charge in [-0.3, -0.25) is 9.69 Å². The fourth-order valence-electron chi connectivity index (χ4n) is 2.98. The molecular weight excluding hydrogens is 373 g/mol. The normalized spacial score (nSPS) is 15.4. The number of nitrogens with zero attached hydrogens (tertiary/aromatic N) is 3. The summed E-state index contributed by atoms with van der Waals surface area (Å²) < 4.78 is 43.0. The number of ether oxygens (including phenoxy) is 1. The van der Waals surface area contributed by atoms with E-state index in [-0.39, 0.29) is 12.5 Å². The van der Waals surface area contributed by atoms with Gasteiger partial charge >= 0.3 is 6.18 Å². The second-order valence-electron chi connectivity index (χ2n) is 6.45. The van der Waals surface area contributed by atoms with Crippen molar-refractivity contribution in [2.75, 3.05) is 50.1 Å². The number of carbonyl (C=O) groups is 1. The summed E-state index contributed by atoms with van der Waals surface area (Å²) in [4.78, 5) is 20.1. The molecule has 28 heavy (non-hydrogen) atoms. The van der Waals surface area contributed by atoms with E-state index < -0.39 is 11.7 Å².